The third-order valence-corrected chi connectivity index (χ3v) is 8.38. The van der Waals surface area contributed by atoms with Gasteiger partial charge >= 0.3 is 0 Å². The van der Waals surface area contributed by atoms with Gasteiger partial charge in [0, 0.05) is 42.3 Å². The van der Waals surface area contributed by atoms with Crippen molar-refractivity contribution in [3.05, 3.63) is 94.8 Å². The van der Waals surface area contributed by atoms with Crippen molar-refractivity contribution in [2.75, 3.05) is 19.7 Å². The Kier molecular flexibility index (Phi) is 9.44. The van der Waals surface area contributed by atoms with E-state index in [-0.39, 0.29) is 47.5 Å². The molecule has 0 radical (unpaired) electrons. The molecule has 0 unspecified atom stereocenters. The van der Waals surface area contributed by atoms with Crippen LogP contribution in [0.25, 0.3) is 0 Å². The number of halogens is 2. The van der Waals surface area contributed by atoms with Crippen LogP contribution >= 0.6 is 11.6 Å². The third-order valence-electron chi connectivity index (χ3n) is 6.76. The van der Waals surface area contributed by atoms with E-state index in [0.29, 0.717) is 30.2 Å². The van der Waals surface area contributed by atoms with E-state index in [1.807, 2.05) is 13.8 Å². The van der Waals surface area contributed by atoms with Crippen LogP contribution in [0.3, 0.4) is 0 Å². The fraction of sp³-hybridized carbons (Fsp3) is 0.310. The van der Waals surface area contributed by atoms with Crippen molar-refractivity contribution in [3.63, 3.8) is 0 Å². The first-order valence-corrected chi connectivity index (χ1v) is 14.7. The lowest BCUT2D eigenvalue weighted by Crippen LogP contribution is -2.58. The van der Waals surface area contributed by atoms with E-state index in [2.05, 4.69) is 9.62 Å². The Hall–Kier alpha value is -3.47. The zero-order chi connectivity index (χ0) is 28.9. The van der Waals surface area contributed by atoms with Gasteiger partial charge in [0.15, 0.2) is 6.61 Å². The average molecular weight is 588 g/mol. The van der Waals surface area contributed by atoms with Crippen molar-refractivity contribution >= 4 is 33.4 Å². The molecule has 0 aromatic heterocycles. The number of sulfonamides is 1. The Morgan fingerprint density at radius 2 is 1.70 bits per heavy atom. The van der Waals surface area contributed by atoms with Crippen LogP contribution in [0, 0.1) is 5.82 Å². The average Bonchev–Trinajstić information content (AvgIpc) is 2.91. The lowest BCUT2D eigenvalue weighted by atomic mass is 10.1. The second-order valence-corrected chi connectivity index (χ2v) is 12.0. The van der Waals surface area contributed by atoms with E-state index in [1.54, 1.807) is 47.4 Å². The predicted octanol–water partition coefficient (Wildman–Crippen LogP) is 4.03. The van der Waals surface area contributed by atoms with Crippen molar-refractivity contribution in [2.45, 2.75) is 43.8 Å². The molecule has 0 spiro atoms. The maximum absolute atomic E-state index is 13.3. The van der Waals surface area contributed by atoms with Crippen LogP contribution in [-0.2, 0) is 32.6 Å². The molecule has 1 aliphatic heterocycles. The van der Waals surface area contributed by atoms with Crippen LogP contribution in [0.15, 0.2) is 77.7 Å². The summed E-state index contributed by atoms with van der Waals surface area (Å²) in [4.78, 5) is 29.7. The molecule has 0 aliphatic carbocycles. The van der Waals surface area contributed by atoms with Gasteiger partial charge in [-0.25, -0.2) is 17.5 Å². The molecule has 1 aliphatic rings. The molecule has 212 valence electrons. The predicted molar refractivity (Wildman–Crippen MR) is 150 cm³/mol. The molecule has 2 atom stereocenters. The fourth-order valence-corrected chi connectivity index (χ4v) is 5.86. The van der Waals surface area contributed by atoms with Crippen molar-refractivity contribution in [2.24, 2.45) is 0 Å². The summed E-state index contributed by atoms with van der Waals surface area (Å²) in [7, 11) is -4.04. The monoisotopic (exact) mass is 587 g/mol. The molecule has 11 heteroatoms. The van der Waals surface area contributed by atoms with Crippen LogP contribution in [0.5, 0.6) is 5.75 Å². The van der Waals surface area contributed by atoms with Crippen LogP contribution in [0.1, 0.15) is 25.0 Å². The second kappa shape index (κ2) is 12.8. The van der Waals surface area contributed by atoms with Gasteiger partial charge in [-0.3, -0.25) is 14.5 Å². The number of hydrogen-bond donors (Lipinski definition) is 1. The largest absolute Gasteiger partial charge is 0.483 e. The van der Waals surface area contributed by atoms with E-state index in [4.69, 9.17) is 16.3 Å². The van der Waals surface area contributed by atoms with Crippen molar-refractivity contribution in [1.82, 2.24) is 14.5 Å². The standard InChI is InChI=1S/C29H31ClFN3O5S/c1-20-17-34(21(2)16-33(20)18-22-8-11-25(31)12-9-22)29(36)19-39-27-13-10-24(30)14-23(27)15-28(35)32-40(37,38)26-6-4-3-5-7-26/h3-14,20-21H,15-19H2,1-2H3,(H,32,35)/t20-,21+/m0/s1. The van der Waals surface area contributed by atoms with Crippen molar-refractivity contribution in [3.8, 4) is 5.75 Å². The molecule has 2 amide bonds. The molecule has 1 saturated heterocycles. The number of piperazine rings is 1. The number of nitrogens with zero attached hydrogens (tertiary/aromatic N) is 2. The van der Waals surface area contributed by atoms with Crippen LogP contribution < -0.4 is 9.46 Å². The Labute approximate surface area is 238 Å². The number of rotatable bonds is 9. The summed E-state index contributed by atoms with van der Waals surface area (Å²) in [6.07, 6.45) is -0.314. The van der Waals surface area contributed by atoms with Gasteiger partial charge in [0.05, 0.1) is 11.3 Å². The van der Waals surface area contributed by atoms with E-state index in [1.165, 1.54) is 30.3 Å². The first-order chi connectivity index (χ1) is 19.0. The summed E-state index contributed by atoms with van der Waals surface area (Å²) >= 11 is 6.12. The van der Waals surface area contributed by atoms with Gasteiger partial charge in [-0.1, -0.05) is 41.9 Å². The van der Waals surface area contributed by atoms with Crippen LogP contribution in [-0.4, -0.2) is 61.8 Å². The van der Waals surface area contributed by atoms with E-state index in [9.17, 15) is 22.4 Å². The Bertz CT molecular complexity index is 1450. The van der Waals surface area contributed by atoms with E-state index >= 15 is 0 Å². The van der Waals surface area contributed by atoms with Gasteiger partial charge in [0.2, 0.25) is 5.91 Å². The van der Waals surface area contributed by atoms with Gasteiger partial charge < -0.3 is 9.64 Å². The molecule has 40 heavy (non-hydrogen) atoms. The lowest BCUT2D eigenvalue weighted by Gasteiger charge is -2.44. The summed E-state index contributed by atoms with van der Waals surface area (Å²) in [5.41, 5.74) is 1.35. The summed E-state index contributed by atoms with van der Waals surface area (Å²) in [5.74, 6) is -0.984. The third kappa shape index (κ3) is 7.59. The first-order valence-electron chi connectivity index (χ1n) is 12.8. The SMILES string of the molecule is C[C@@H]1CN(Cc2ccc(F)cc2)[C@@H](C)CN1C(=O)COc1ccc(Cl)cc1CC(=O)NS(=O)(=O)c1ccccc1. The van der Waals surface area contributed by atoms with E-state index < -0.39 is 15.9 Å². The molecule has 3 aromatic rings. The first kappa shape index (κ1) is 29.5. The van der Waals surface area contributed by atoms with Gasteiger partial charge in [-0.15, -0.1) is 0 Å². The topological polar surface area (TPSA) is 96.0 Å². The zero-order valence-electron chi connectivity index (χ0n) is 22.2. The smallest absolute Gasteiger partial charge is 0.264 e. The van der Waals surface area contributed by atoms with Crippen LogP contribution in [0.2, 0.25) is 5.02 Å². The number of hydrogen-bond acceptors (Lipinski definition) is 6. The molecule has 8 nitrogen and oxygen atoms in total. The molecule has 1 N–H and O–H groups in total. The van der Waals surface area contributed by atoms with Gasteiger partial charge in [0.25, 0.3) is 15.9 Å². The normalized spacial score (nSPS) is 17.9. The quantitative estimate of drug-likeness (QED) is 0.406. The van der Waals surface area contributed by atoms with Gasteiger partial charge in [-0.2, -0.15) is 0 Å². The number of benzene rings is 3. The zero-order valence-corrected chi connectivity index (χ0v) is 23.8. The number of ether oxygens (including phenoxy) is 1. The molecular formula is C29H31ClFN3O5S. The molecule has 1 heterocycles. The summed E-state index contributed by atoms with van der Waals surface area (Å²) in [6.45, 7) is 5.54. The van der Waals surface area contributed by atoms with E-state index in [0.717, 1.165) is 5.56 Å². The Balaban J connectivity index is 1.36. The van der Waals surface area contributed by atoms with Gasteiger partial charge in [0.1, 0.15) is 11.6 Å². The van der Waals surface area contributed by atoms with Crippen molar-refractivity contribution < 1.29 is 27.1 Å². The maximum Gasteiger partial charge on any atom is 0.264 e. The summed E-state index contributed by atoms with van der Waals surface area (Å²) in [6, 6.07) is 18.6. The molecular weight excluding hydrogens is 557 g/mol. The minimum absolute atomic E-state index is 0.0300. The van der Waals surface area contributed by atoms with Crippen LogP contribution in [0.4, 0.5) is 4.39 Å². The highest BCUT2D eigenvalue weighted by Gasteiger charge is 2.32. The molecule has 4 rings (SSSR count). The number of carbonyl (C=O) groups excluding carboxylic acids is 2. The summed E-state index contributed by atoms with van der Waals surface area (Å²) in [5, 5.41) is 0.340. The minimum atomic E-state index is -4.04. The van der Waals surface area contributed by atoms with Crippen molar-refractivity contribution in [1.29, 1.82) is 0 Å². The number of nitrogens with one attached hydrogen (secondary N) is 1. The minimum Gasteiger partial charge on any atom is -0.483 e. The molecule has 1 fully saturated rings. The number of carbonyl (C=O) groups is 2. The Morgan fingerprint density at radius 1 is 1.00 bits per heavy atom. The maximum atomic E-state index is 13.3. The van der Waals surface area contributed by atoms with Gasteiger partial charge in [-0.05, 0) is 61.9 Å². The highest BCUT2D eigenvalue weighted by molar-refractivity contribution is 7.90. The highest BCUT2D eigenvalue weighted by Crippen LogP contribution is 2.25. The second-order valence-electron chi connectivity index (χ2n) is 9.86. The lowest BCUT2D eigenvalue weighted by molar-refractivity contribution is -0.139. The molecule has 3 aromatic carbocycles. The number of amides is 2. The fourth-order valence-electron chi connectivity index (χ4n) is 4.66. The molecule has 0 bridgehead atoms. The summed E-state index contributed by atoms with van der Waals surface area (Å²) < 4.78 is 46.1. The Morgan fingerprint density at radius 3 is 2.40 bits per heavy atom. The molecule has 0 saturated carbocycles. The highest BCUT2D eigenvalue weighted by atomic mass is 35.5.